The van der Waals surface area contributed by atoms with E-state index in [2.05, 4.69) is 10.2 Å². The van der Waals surface area contributed by atoms with Crippen molar-refractivity contribution in [2.75, 3.05) is 26.2 Å². The van der Waals surface area contributed by atoms with Gasteiger partial charge >= 0.3 is 0 Å². The number of benzene rings is 2. The van der Waals surface area contributed by atoms with E-state index in [9.17, 15) is 0 Å². The lowest BCUT2D eigenvalue weighted by Crippen LogP contribution is -2.41. The first-order valence-corrected chi connectivity index (χ1v) is 9.50. The van der Waals surface area contributed by atoms with Gasteiger partial charge in [-0.05, 0) is 35.4 Å². The maximum absolute atomic E-state index is 6.01. The Hall–Kier alpha value is -1.46. The number of piperazine rings is 1. The van der Waals surface area contributed by atoms with Crippen molar-refractivity contribution >= 4 is 58.8 Å². The normalized spacial score (nSPS) is 15.4. The molecule has 3 rings (SSSR count). The van der Waals surface area contributed by atoms with Crippen LogP contribution in [0.3, 0.4) is 0 Å². The van der Waals surface area contributed by atoms with E-state index in [1.54, 1.807) is 36.7 Å². The Kier molecular flexibility index (Phi) is 6.65. The Bertz CT molecular complexity index is 760. The van der Waals surface area contributed by atoms with Gasteiger partial charge in [0, 0.05) is 0 Å². The van der Waals surface area contributed by atoms with Crippen molar-refractivity contribution in [3.63, 3.8) is 0 Å². The summed E-state index contributed by atoms with van der Waals surface area (Å²) in [6.07, 6.45) is 3.58. The third-order valence-corrected chi connectivity index (χ3v) is 5.34. The molecule has 0 saturated carbocycles. The fraction of sp³-hybridized carbons (Fsp3) is 0.222. The number of hydrogen-bond acceptors (Lipinski definition) is 4. The molecule has 0 radical (unpaired) electrons. The van der Waals surface area contributed by atoms with Crippen molar-refractivity contribution in [1.82, 2.24) is 10.0 Å². The minimum atomic E-state index is 0.525. The van der Waals surface area contributed by atoms with Gasteiger partial charge in [0.05, 0.1) is 58.7 Å². The van der Waals surface area contributed by atoms with E-state index < -0.39 is 0 Å². The van der Waals surface area contributed by atoms with Crippen molar-refractivity contribution in [3.8, 4) is 0 Å². The molecule has 1 aliphatic heterocycles. The van der Waals surface area contributed by atoms with Gasteiger partial charge in [-0.25, -0.2) is 0 Å². The van der Waals surface area contributed by atoms with Crippen LogP contribution in [0.4, 0.5) is 0 Å². The zero-order valence-electron chi connectivity index (χ0n) is 13.7. The van der Waals surface area contributed by atoms with Crippen LogP contribution in [0.2, 0.25) is 20.1 Å². The van der Waals surface area contributed by atoms with Crippen LogP contribution in [0.25, 0.3) is 0 Å². The maximum Gasteiger partial charge on any atom is 0.0598 e. The minimum absolute atomic E-state index is 0.525. The highest BCUT2D eigenvalue weighted by molar-refractivity contribution is 6.42. The number of hydrogen-bond donors (Lipinski definition) is 0. The third kappa shape index (κ3) is 5.27. The molecule has 0 bridgehead atoms. The Labute approximate surface area is 172 Å². The lowest BCUT2D eigenvalue weighted by molar-refractivity contribution is 0.141. The van der Waals surface area contributed by atoms with Gasteiger partial charge in [0.25, 0.3) is 0 Å². The lowest BCUT2D eigenvalue weighted by atomic mass is 10.2. The quantitative estimate of drug-likeness (QED) is 0.618. The second-order valence-electron chi connectivity index (χ2n) is 5.74. The first-order chi connectivity index (χ1) is 12.5. The summed E-state index contributed by atoms with van der Waals surface area (Å²) in [7, 11) is 0. The van der Waals surface area contributed by atoms with E-state index in [1.165, 1.54) is 0 Å². The average molecular weight is 430 g/mol. The van der Waals surface area contributed by atoms with E-state index in [1.807, 2.05) is 22.2 Å². The summed E-state index contributed by atoms with van der Waals surface area (Å²) in [6, 6.07) is 10.9. The molecule has 1 saturated heterocycles. The number of halogens is 4. The van der Waals surface area contributed by atoms with Gasteiger partial charge in [0.2, 0.25) is 0 Å². The van der Waals surface area contributed by atoms with Crippen molar-refractivity contribution in [3.05, 3.63) is 67.6 Å². The van der Waals surface area contributed by atoms with Crippen LogP contribution in [0.5, 0.6) is 0 Å². The van der Waals surface area contributed by atoms with E-state index in [-0.39, 0.29) is 0 Å². The Morgan fingerprint density at radius 1 is 0.615 bits per heavy atom. The summed E-state index contributed by atoms with van der Waals surface area (Å²) in [4.78, 5) is 0. The average Bonchev–Trinajstić information content (AvgIpc) is 2.64. The fourth-order valence-corrected chi connectivity index (χ4v) is 3.01. The Morgan fingerprint density at radius 2 is 1.00 bits per heavy atom. The van der Waals surface area contributed by atoms with Gasteiger partial charge < -0.3 is 0 Å². The second-order valence-corrected chi connectivity index (χ2v) is 7.37. The second kappa shape index (κ2) is 8.96. The van der Waals surface area contributed by atoms with Crippen LogP contribution < -0.4 is 0 Å². The van der Waals surface area contributed by atoms with Gasteiger partial charge in [0.15, 0.2) is 0 Å². The Morgan fingerprint density at radius 3 is 1.35 bits per heavy atom. The topological polar surface area (TPSA) is 31.2 Å². The molecule has 4 nitrogen and oxygen atoms in total. The van der Waals surface area contributed by atoms with Crippen molar-refractivity contribution in [1.29, 1.82) is 0 Å². The van der Waals surface area contributed by atoms with Gasteiger partial charge in [-0.2, -0.15) is 10.2 Å². The molecular weight excluding hydrogens is 414 g/mol. The molecule has 8 heteroatoms. The zero-order valence-corrected chi connectivity index (χ0v) is 16.8. The molecule has 1 fully saturated rings. The van der Waals surface area contributed by atoms with Crippen LogP contribution in [-0.4, -0.2) is 48.6 Å². The summed E-state index contributed by atoms with van der Waals surface area (Å²) >= 11 is 23.9. The summed E-state index contributed by atoms with van der Waals surface area (Å²) in [6.45, 7) is 3.15. The smallest absolute Gasteiger partial charge is 0.0598 e. The number of nitrogens with zero attached hydrogens (tertiary/aromatic N) is 4. The first kappa shape index (κ1) is 19.3. The van der Waals surface area contributed by atoms with Crippen LogP contribution in [-0.2, 0) is 0 Å². The molecular formula is C18H16Cl4N4. The molecule has 136 valence electrons. The molecule has 0 spiro atoms. The molecule has 26 heavy (non-hydrogen) atoms. The van der Waals surface area contributed by atoms with Crippen LogP contribution in [0.1, 0.15) is 11.1 Å². The molecule has 1 heterocycles. The molecule has 0 amide bonds. The monoisotopic (exact) mass is 428 g/mol. The first-order valence-electron chi connectivity index (χ1n) is 7.99. The summed E-state index contributed by atoms with van der Waals surface area (Å²) in [5.41, 5.74) is 1.83. The summed E-state index contributed by atoms with van der Waals surface area (Å²) < 4.78 is 0. The number of hydrazone groups is 2. The van der Waals surface area contributed by atoms with E-state index >= 15 is 0 Å². The SMILES string of the molecule is Clc1ccc(/C=N/N2CCN(/N=C/c3ccc(Cl)c(Cl)c3)CC2)cc1Cl. The molecule has 0 unspecified atom stereocenters. The van der Waals surface area contributed by atoms with E-state index in [4.69, 9.17) is 46.4 Å². The predicted molar refractivity (Wildman–Crippen MR) is 111 cm³/mol. The van der Waals surface area contributed by atoms with Crippen molar-refractivity contribution < 1.29 is 0 Å². The highest BCUT2D eigenvalue weighted by Gasteiger charge is 2.13. The summed E-state index contributed by atoms with van der Waals surface area (Å²) in [5.74, 6) is 0. The van der Waals surface area contributed by atoms with Crippen LogP contribution >= 0.6 is 46.4 Å². The van der Waals surface area contributed by atoms with Crippen molar-refractivity contribution in [2.24, 2.45) is 10.2 Å². The predicted octanol–water partition coefficient (Wildman–Crippen LogP) is 5.29. The van der Waals surface area contributed by atoms with Crippen molar-refractivity contribution in [2.45, 2.75) is 0 Å². The fourth-order valence-electron chi connectivity index (χ4n) is 2.40. The molecule has 0 N–H and O–H groups in total. The molecule has 0 atom stereocenters. The number of rotatable bonds is 4. The zero-order chi connectivity index (χ0) is 18.5. The van der Waals surface area contributed by atoms with Gasteiger partial charge in [-0.1, -0.05) is 58.5 Å². The standard InChI is InChI=1S/C18H16Cl4N4/c19-15-3-1-13(9-17(15)21)11-23-25-5-7-26(8-6-25)24-12-14-2-4-16(20)18(22)10-14/h1-4,9-12H,5-8H2/b23-11+,24-12+. The third-order valence-electron chi connectivity index (χ3n) is 3.86. The van der Waals surface area contributed by atoms with Gasteiger partial charge in [-0.15, -0.1) is 0 Å². The maximum atomic E-state index is 6.01. The van der Waals surface area contributed by atoms with Crippen LogP contribution in [0.15, 0.2) is 46.6 Å². The highest BCUT2D eigenvalue weighted by atomic mass is 35.5. The van der Waals surface area contributed by atoms with E-state index in [0.29, 0.717) is 20.1 Å². The van der Waals surface area contributed by atoms with E-state index in [0.717, 1.165) is 37.3 Å². The van der Waals surface area contributed by atoms with Crippen LogP contribution in [0, 0.1) is 0 Å². The molecule has 0 aromatic heterocycles. The summed E-state index contributed by atoms with van der Waals surface area (Å²) in [5, 5.41) is 15.1. The molecule has 2 aromatic rings. The Balaban J connectivity index is 1.52. The van der Waals surface area contributed by atoms with Gasteiger partial charge in [0.1, 0.15) is 0 Å². The molecule has 1 aliphatic rings. The lowest BCUT2D eigenvalue weighted by Gasteiger charge is -2.31. The van der Waals surface area contributed by atoms with Gasteiger partial charge in [-0.3, -0.25) is 10.0 Å². The molecule has 2 aromatic carbocycles. The largest absolute Gasteiger partial charge is 0.293 e. The molecule has 0 aliphatic carbocycles. The minimum Gasteiger partial charge on any atom is -0.293 e. The highest BCUT2D eigenvalue weighted by Crippen LogP contribution is 2.22.